The van der Waals surface area contributed by atoms with E-state index in [0.29, 0.717) is 36.6 Å². The maximum Gasteiger partial charge on any atom is 0.220 e. The highest BCUT2D eigenvalue weighted by Gasteiger charge is 2.12. The molecule has 0 fully saturated rings. The summed E-state index contributed by atoms with van der Waals surface area (Å²) in [5, 5.41) is 7.88. The predicted molar refractivity (Wildman–Crippen MR) is 105 cm³/mol. The highest BCUT2D eigenvalue weighted by Crippen LogP contribution is 2.28. The first-order valence-electron chi connectivity index (χ1n) is 9.05. The summed E-state index contributed by atoms with van der Waals surface area (Å²) in [6, 6.07) is 19.1. The average molecular weight is 376 g/mol. The average Bonchev–Trinajstić information content (AvgIpc) is 3.37. The van der Waals surface area contributed by atoms with Gasteiger partial charge in [0, 0.05) is 17.9 Å². The summed E-state index contributed by atoms with van der Waals surface area (Å²) in [6.45, 7) is 0.311. The molecular weight excluding hydrogens is 356 g/mol. The standard InChI is InChI=1S/C22H20N2O4/c1-26-18-9-6-15(7-10-18)8-11-22(25)23-14-17-13-21(28-24-17)20-12-16-4-2-3-5-19(16)27-20/h2-7,9-10,12-13H,8,11,14H2,1H3,(H,23,25). The minimum Gasteiger partial charge on any atom is -0.497 e. The number of hydrogen-bond acceptors (Lipinski definition) is 5. The molecule has 0 saturated heterocycles. The number of fused-ring (bicyclic) bond motifs is 1. The van der Waals surface area contributed by atoms with E-state index >= 15 is 0 Å². The van der Waals surface area contributed by atoms with Crippen LogP contribution in [0.5, 0.6) is 5.75 Å². The molecule has 6 heteroatoms. The van der Waals surface area contributed by atoms with Crippen LogP contribution in [0.3, 0.4) is 0 Å². The second-order valence-electron chi connectivity index (χ2n) is 6.46. The Labute approximate surface area is 162 Å². The number of carbonyl (C=O) groups is 1. The normalized spacial score (nSPS) is 10.9. The number of aromatic nitrogens is 1. The number of amides is 1. The van der Waals surface area contributed by atoms with Gasteiger partial charge in [0.1, 0.15) is 17.0 Å². The lowest BCUT2D eigenvalue weighted by molar-refractivity contribution is -0.121. The number of ether oxygens (including phenoxy) is 1. The van der Waals surface area contributed by atoms with Crippen LogP contribution < -0.4 is 10.1 Å². The number of rotatable bonds is 7. The molecule has 0 saturated carbocycles. The first kappa shape index (κ1) is 17.9. The molecule has 0 atom stereocenters. The number of methoxy groups -OCH3 is 1. The first-order chi connectivity index (χ1) is 13.7. The van der Waals surface area contributed by atoms with E-state index in [9.17, 15) is 4.79 Å². The molecule has 0 aliphatic rings. The predicted octanol–water partition coefficient (Wildman–Crippen LogP) is 4.35. The van der Waals surface area contributed by atoms with E-state index in [2.05, 4.69) is 10.5 Å². The number of benzene rings is 2. The van der Waals surface area contributed by atoms with Gasteiger partial charge in [0.15, 0.2) is 5.76 Å². The SMILES string of the molecule is COc1ccc(CCC(=O)NCc2cc(-c3cc4ccccc4o3)on2)cc1. The molecule has 1 N–H and O–H groups in total. The minimum atomic E-state index is -0.0379. The Kier molecular flexibility index (Phi) is 5.10. The Hall–Kier alpha value is -3.54. The molecule has 6 nitrogen and oxygen atoms in total. The van der Waals surface area contributed by atoms with Crippen LogP contribution in [-0.4, -0.2) is 18.2 Å². The number of aryl methyl sites for hydroxylation is 1. The van der Waals surface area contributed by atoms with E-state index in [0.717, 1.165) is 22.3 Å². The van der Waals surface area contributed by atoms with E-state index in [4.69, 9.17) is 13.7 Å². The second-order valence-corrected chi connectivity index (χ2v) is 6.46. The number of furan rings is 1. The Morgan fingerprint density at radius 2 is 1.89 bits per heavy atom. The number of carbonyl (C=O) groups excluding carboxylic acids is 1. The zero-order valence-electron chi connectivity index (χ0n) is 15.5. The van der Waals surface area contributed by atoms with E-state index in [-0.39, 0.29) is 5.91 Å². The van der Waals surface area contributed by atoms with Crippen LogP contribution >= 0.6 is 0 Å². The van der Waals surface area contributed by atoms with Gasteiger partial charge in [-0.2, -0.15) is 0 Å². The van der Waals surface area contributed by atoms with E-state index in [1.54, 1.807) is 13.2 Å². The minimum absolute atomic E-state index is 0.0379. The molecule has 0 bridgehead atoms. The molecule has 142 valence electrons. The van der Waals surface area contributed by atoms with Gasteiger partial charge < -0.3 is 19.0 Å². The monoisotopic (exact) mass is 376 g/mol. The largest absolute Gasteiger partial charge is 0.497 e. The van der Waals surface area contributed by atoms with Crippen molar-refractivity contribution >= 4 is 16.9 Å². The maximum atomic E-state index is 12.1. The molecular formula is C22H20N2O4. The molecule has 0 spiro atoms. The van der Waals surface area contributed by atoms with Crippen LogP contribution in [-0.2, 0) is 17.8 Å². The quantitative estimate of drug-likeness (QED) is 0.519. The summed E-state index contributed by atoms with van der Waals surface area (Å²) in [7, 11) is 1.63. The fourth-order valence-electron chi connectivity index (χ4n) is 2.94. The van der Waals surface area contributed by atoms with Crippen molar-refractivity contribution < 1.29 is 18.5 Å². The lowest BCUT2D eigenvalue weighted by atomic mass is 10.1. The zero-order chi connectivity index (χ0) is 19.3. The van der Waals surface area contributed by atoms with Crippen molar-refractivity contribution in [2.75, 3.05) is 7.11 Å². The highest BCUT2D eigenvalue weighted by molar-refractivity contribution is 5.81. The molecule has 28 heavy (non-hydrogen) atoms. The Morgan fingerprint density at radius 1 is 1.07 bits per heavy atom. The molecule has 0 radical (unpaired) electrons. The van der Waals surface area contributed by atoms with Crippen molar-refractivity contribution in [1.29, 1.82) is 0 Å². The second kappa shape index (κ2) is 8.00. The van der Waals surface area contributed by atoms with Crippen LogP contribution in [0.2, 0.25) is 0 Å². The van der Waals surface area contributed by atoms with Gasteiger partial charge in [-0.05, 0) is 36.2 Å². The van der Waals surface area contributed by atoms with E-state index in [1.807, 2.05) is 54.6 Å². The van der Waals surface area contributed by atoms with Gasteiger partial charge in [0.25, 0.3) is 0 Å². The Bertz CT molecular complexity index is 1050. The summed E-state index contributed by atoms with van der Waals surface area (Å²) < 4.78 is 16.3. The molecule has 4 rings (SSSR count). The van der Waals surface area contributed by atoms with Crippen molar-refractivity contribution in [2.24, 2.45) is 0 Å². The van der Waals surface area contributed by atoms with Crippen LogP contribution in [0.4, 0.5) is 0 Å². The molecule has 0 aliphatic heterocycles. The summed E-state index contributed by atoms with van der Waals surface area (Å²) in [5.74, 6) is 1.92. The Balaban J connectivity index is 1.30. The van der Waals surface area contributed by atoms with Crippen molar-refractivity contribution in [3.8, 4) is 17.3 Å². The van der Waals surface area contributed by atoms with Crippen LogP contribution in [0.25, 0.3) is 22.5 Å². The van der Waals surface area contributed by atoms with Gasteiger partial charge in [0.2, 0.25) is 11.7 Å². The van der Waals surface area contributed by atoms with Crippen molar-refractivity contribution in [2.45, 2.75) is 19.4 Å². The molecule has 0 aliphatic carbocycles. The van der Waals surface area contributed by atoms with Gasteiger partial charge in [-0.25, -0.2) is 0 Å². The Morgan fingerprint density at radius 3 is 2.68 bits per heavy atom. The highest BCUT2D eigenvalue weighted by atomic mass is 16.5. The lowest BCUT2D eigenvalue weighted by Crippen LogP contribution is -2.23. The van der Waals surface area contributed by atoms with Gasteiger partial charge in [-0.3, -0.25) is 4.79 Å². The van der Waals surface area contributed by atoms with E-state index < -0.39 is 0 Å². The third kappa shape index (κ3) is 4.06. The summed E-state index contributed by atoms with van der Waals surface area (Å²) in [5.41, 5.74) is 2.53. The zero-order valence-corrected chi connectivity index (χ0v) is 15.5. The smallest absolute Gasteiger partial charge is 0.220 e. The van der Waals surface area contributed by atoms with Crippen LogP contribution in [0.15, 0.2) is 69.6 Å². The lowest BCUT2D eigenvalue weighted by Gasteiger charge is -2.04. The molecule has 2 heterocycles. The maximum absolute atomic E-state index is 12.1. The fraction of sp³-hybridized carbons (Fsp3) is 0.182. The van der Waals surface area contributed by atoms with Crippen LogP contribution in [0, 0.1) is 0 Å². The third-order valence-corrected chi connectivity index (χ3v) is 4.49. The summed E-state index contributed by atoms with van der Waals surface area (Å²) >= 11 is 0. The topological polar surface area (TPSA) is 77.5 Å². The number of para-hydroxylation sites is 1. The summed E-state index contributed by atoms with van der Waals surface area (Å²) in [6.07, 6.45) is 1.07. The number of nitrogens with zero attached hydrogens (tertiary/aromatic N) is 1. The van der Waals surface area contributed by atoms with Gasteiger partial charge >= 0.3 is 0 Å². The first-order valence-corrected chi connectivity index (χ1v) is 9.05. The summed E-state index contributed by atoms with van der Waals surface area (Å²) in [4.78, 5) is 12.1. The van der Waals surface area contributed by atoms with Crippen LogP contribution in [0.1, 0.15) is 17.7 Å². The molecule has 4 aromatic rings. The number of hydrogen-bond donors (Lipinski definition) is 1. The molecule has 1 amide bonds. The molecule has 2 aromatic carbocycles. The van der Waals surface area contributed by atoms with E-state index in [1.165, 1.54) is 0 Å². The number of nitrogens with one attached hydrogen (secondary N) is 1. The third-order valence-electron chi connectivity index (χ3n) is 4.49. The van der Waals surface area contributed by atoms with Crippen molar-refractivity contribution in [3.05, 3.63) is 71.9 Å². The van der Waals surface area contributed by atoms with Gasteiger partial charge in [-0.1, -0.05) is 35.5 Å². The van der Waals surface area contributed by atoms with Gasteiger partial charge in [0.05, 0.1) is 13.7 Å². The van der Waals surface area contributed by atoms with Crippen molar-refractivity contribution in [3.63, 3.8) is 0 Å². The van der Waals surface area contributed by atoms with Crippen molar-refractivity contribution in [1.82, 2.24) is 10.5 Å². The fourth-order valence-corrected chi connectivity index (χ4v) is 2.94. The molecule has 2 aromatic heterocycles. The molecule has 0 unspecified atom stereocenters. The van der Waals surface area contributed by atoms with Gasteiger partial charge in [-0.15, -0.1) is 0 Å².